The third kappa shape index (κ3) is 2.48. The number of nitrogens with zero attached hydrogens (tertiary/aromatic N) is 1. The summed E-state index contributed by atoms with van der Waals surface area (Å²) in [4.78, 5) is 2.62. The van der Waals surface area contributed by atoms with Crippen LogP contribution in [-0.2, 0) is 0 Å². The first-order valence-electron chi connectivity index (χ1n) is 7.46. The first-order chi connectivity index (χ1) is 9.21. The molecule has 1 aliphatic heterocycles. The molecule has 3 heteroatoms. The van der Waals surface area contributed by atoms with E-state index in [1.54, 1.807) is 0 Å². The molecule has 0 aromatic heterocycles. The van der Waals surface area contributed by atoms with E-state index in [0.29, 0.717) is 5.54 Å². The first kappa shape index (κ1) is 13.3. The van der Waals surface area contributed by atoms with Crippen LogP contribution in [0.5, 0.6) is 0 Å². The Kier molecular flexibility index (Phi) is 3.72. The summed E-state index contributed by atoms with van der Waals surface area (Å²) in [6.07, 6.45) is 6.73. The molecule has 104 valence electrons. The van der Waals surface area contributed by atoms with E-state index in [1.807, 2.05) is 0 Å². The standard InChI is InChI=1S/C16H23ClN2/c1-13-5-6-14(11-15(13)17)19-10-9-18-12-16(19)7-3-2-4-8-16/h5-6,11,18H,2-4,7-10,12H2,1H3. The summed E-state index contributed by atoms with van der Waals surface area (Å²) < 4.78 is 0. The van der Waals surface area contributed by atoms with E-state index in [1.165, 1.54) is 43.4 Å². The zero-order valence-electron chi connectivity index (χ0n) is 11.7. The van der Waals surface area contributed by atoms with Gasteiger partial charge in [0.1, 0.15) is 0 Å². The minimum Gasteiger partial charge on any atom is -0.363 e. The van der Waals surface area contributed by atoms with Crippen molar-refractivity contribution in [2.45, 2.75) is 44.6 Å². The predicted molar refractivity (Wildman–Crippen MR) is 82.2 cm³/mol. The van der Waals surface area contributed by atoms with Crippen molar-refractivity contribution in [3.63, 3.8) is 0 Å². The molecule has 1 aromatic rings. The lowest BCUT2D eigenvalue weighted by atomic mass is 9.78. The van der Waals surface area contributed by atoms with Gasteiger partial charge in [-0.1, -0.05) is 36.9 Å². The molecule has 1 saturated carbocycles. The number of anilines is 1. The maximum Gasteiger partial charge on any atom is 0.0527 e. The van der Waals surface area contributed by atoms with Gasteiger partial charge in [0.25, 0.3) is 0 Å². The fourth-order valence-electron chi connectivity index (χ4n) is 3.65. The number of hydrogen-bond acceptors (Lipinski definition) is 2. The second-order valence-electron chi connectivity index (χ2n) is 6.05. The normalized spacial score (nSPS) is 22.7. The lowest BCUT2D eigenvalue weighted by Gasteiger charge is -2.51. The van der Waals surface area contributed by atoms with Gasteiger partial charge in [0, 0.05) is 30.3 Å². The van der Waals surface area contributed by atoms with Gasteiger partial charge in [-0.3, -0.25) is 0 Å². The van der Waals surface area contributed by atoms with Crippen LogP contribution in [-0.4, -0.2) is 25.2 Å². The zero-order valence-corrected chi connectivity index (χ0v) is 12.5. The minimum atomic E-state index is 0.328. The van der Waals surface area contributed by atoms with Crippen LogP contribution >= 0.6 is 11.6 Å². The molecule has 1 aromatic carbocycles. The number of halogens is 1. The minimum absolute atomic E-state index is 0.328. The Morgan fingerprint density at radius 2 is 2.00 bits per heavy atom. The van der Waals surface area contributed by atoms with E-state index in [4.69, 9.17) is 11.6 Å². The van der Waals surface area contributed by atoms with Crippen LogP contribution in [0.25, 0.3) is 0 Å². The highest BCUT2D eigenvalue weighted by molar-refractivity contribution is 6.31. The summed E-state index contributed by atoms with van der Waals surface area (Å²) in [6.45, 7) is 5.37. The van der Waals surface area contributed by atoms with Gasteiger partial charge >= 0.3 is 0 Å². The van der Waals surface area contributed by atoms with E-state index in [2.05, 4.69) is 35.3 Å². The fourth-order valence-corrected chi connectivity index (χ4v) is 3.83. The molecule has 1 heterocycles. The van der Waals surface area contributed by atoms with Gasteiger partial charge in [0.2, 0.25) is 0 Å². The molecular weight excluding hydrogens is 256 g/mol. The summed E-state index contributed by atoms with van der Waals surface area (Å²) in [5.74, 6) is 0. The fraction of sp³-hybridized carbons (Fsp3) is 0.625. The molecule has 1 N–H and O–H groups in total. The van der Waals surface area contributed by atoms with Crippen LogP contribution in [0, 0.1) is 6.92 Å². The molecule has 2 aliphatic rings. The summed E-state index contributed by atoms with van der Waals surface area (Å²) in [6, 6.07) is 6.54. The summed E-state index contributed by atoms with van der Waals surface area (Å²) >= 11 is 6.32. The first-order valence-corrected chi connectivity index (χ1v) is 7.84. The monoisotopic (exact) mass is 278 g/mol. The van der Waals surface area contributed by atoms with E-state index in [9.17, 15) is 0 Å². The molecule has 2 fully saturated rings. The molecule has 19 heavy (non-hydrogen) atoms. The molecule has 0 unspecified atom stereocenters. The Morgan fingerprint density at radius 3 is 2.74 bits per heavy atom. The van der Waals surface area contributed by atoms with Crippen LogP contribution in [0.15, 0.2) is 18.2 Å². The molecule has 0 amide bonds. The lowest BCUT2D eigenvalue weighted by molar-refractivity contribution is 0.241. The van der Waals surface area contributed by atoms with Crippen molar-refractivity contribution >= 4 is 17.3 Å². The molecule has 3 rings (SSSR count). The van der Waals surface area contributed by atoms with Crippen molar-refractivity contribution in [3.05, 3.63) is 28.8 Å². The SMILES string of the molecule is Cc1ccc(N2CCNCC23CCCCC3)cc1Cl. The van der Waals surface area contributed by atoms with E-state index < -0.39 is 0 Å². The molecule has 1 aliphatic carbocycles. The van der Waals surface area contributed by atoms with Crippen LogP contribution < -0.4 is 10.2 Å². The Hall–Kier alpha value is -0.730. The van der Waals surface area contributed by atoms with Gasteiger partial charge in [0.15, 0.2) is 0 Å². The second-order valence-corrected chi connectivity index (χ2v) is 6.45. The molecule has 0 radical (unpaired) electrons. The Morgan fingerprint density at radius 1 is 1.21 bits per heavy atom. The van der Waals surface area contributed by atoms with Crippen molar-refractivity contribution in [1.82, 2.24) is 5.32 Å². The van der Waals surface area contributed by atoms with Crippen LogP contribution in [0.3, 0.4) is 0 Å². The number of aryl methyl sites for hydroxylation is 1. The topological polar surface area (TPSA) is 15.3 Å². The third-order valence-electron chi connectivity index (χ3n) is 4.79. The summed E-state index contributed by atoms with van der Waals surface area (Å²) in [7, 11) is 0. The second kappa shape index (κ2) is 5.34. The number of nitrogens with one attached hydrogen (secondary N) is 1. The average molecular weight is 279 g/mol. The van der Waals surface area contributed by atoms with Gasteiger partial charge in [0.05, 0.1) is 5.54 Å². The Balaban J connectivity index is 1.93. The van der Waals surface area contributed by atoms with Crippen molar-refractivity contribution in [1.29, 1.82) is 0 Å². The highest BCUT2D eigenvalue weighted by Gasteiger charge is 2.39. The largest absolute Gasteiger partial charge is 0.363 e. The summed E-state index contributed by atoms with van der Waals surface area (Å²) in [5.41, 5.74) is 2.80. The van der Waals surface area contributed by atoms with E-state index in [-0.39, 0.29) is 0 Å². The molecule has 1 spiro atoms. The molecule has 0 atom stereocenters. The number of hydrogen-bond donors (Lipinski definition) is 1. The van der Waals surface area contributed by atoms with E-state index >= 15 is 0 Å². The van der Waals surface area contributed by atoms with Crippen LogP contribution in [0.1, 0.15) is 37.7 Å². The van der Waals surface area contributed by atoms with Crippen molar-refractivity contribution in [2.75, 3.05) is 24.5 Å². The highest BCUT2D eigenvalue weighted by Crippen LogP contribution is 2.38. The van der Waals surface area contributed by atoms with Gasteiger partial charge < -0.3 is 10.2 Å². The number of piperazine rings is 1. The zero-order chi connectivity index (χ0) is 13.3. The van der Waals surface area contributed by atoms with Crippen molar-refractivity contribution < 1.29 is 0 Å². The van der Waals surface area contributed by atoms with Crippen LogP contribution in [0.2, 0.25) is 5.02 Å². The maximum atomic E-state index is 6.32. The maximum absolute atomic E-state index is 6.32. The smallest absolute Gasteiger partial charge is 0.0527 e. The quantitative estimate of drug-likeness (QED) is 0.841. The van der Waals surface area contributed by atoms with Crippen molar-refractivity contribution in [2.24, 2.45) is 0 Å². The third-order valence-corrected chi connectivity index (χ3v) is 5.20. The average Bonchev–Trinajstić information content (AvgIpc) is 2.44. The molecule has 2 nitrogen and oxygen atoms in total. The lowest BCUT2D eigenvalue weighted by Crippen LogP contribution is -2.62. The number of benzene rings is 1. The van der Waals surface area contributed by atoms with Crippen LogP contribution in [0.4, 0.5) is 5.69 Å². The molecular formula is C16H23ClN2. The van der Waals surface area contributed by atoms with Gasteiger partial charge in [-0.2, -0.15) is 0 Å². The highest BCUT2D eigenvalue weighted by atomic mass is 35.5. The summed E-state index contributed by atoms with van der Waals surface area (Å²) in [5, 5.41) is 4.49. The van der Waals surface area contributed by atoms with Gasteiger partial charge in [-0.15, -0.1) is 0 Å². The van der Waals surface area contributed by atoms with Crippen molar-refractivity contribution in [3.8, 4) is 0 Å². The van der Waals surface area contributed by atoms with Gasteiger partial charge in [-0.25, -0.2) is 0 Å². The molecule has 0 bridgehead atoms. The predicted octanol–water partition coefficient (Wildman–Crippen LogP) is 3.76. The molecule has 1 saturated heterocycles. The van der Waals surface area contributed by atoms with Gasteiger partial charge in [-0.05, 0) is 37.5 Å². The van der Waals surface area contributed by atoms with E-state index in [0.717, 1.165) is 24.7 Å². The Bertz CT molecular complexity index is 444. The number of rotatable bonds is 1. The Labute approximate surface area is 121 Å².